The van der Waals surface area contributed by atoms with Gasteiger partial charge in [0.15, 0.2) is 0 Å². The van der Waals surface area contributed by atoms with E-state index in [0.29, 0.717) is 5.92 Å². The molecule has 1 aliphatic heterocycles. The Labute approximate surface area is 101 Å². The normalized spacial score (nSPS) is 16.6. The van der Waals surface area contributed by atoms with Gasteiger partial charge in [-0.15, -0.1) is 0 Å². The lowest BCUT2D eigenvalue weighted by molar-refractivity contribution is -0.138. The largest absolute Gasteiger partial charge is 0.481 e. The van der Waals surface area contributed by atoms with Crippen molar-refractivity contribution < 1.29 is 14.6 Å². The van der Waals surface area contributed by atoms with Crippen LogP contribution >= 0.6 is 0 Å². The predicted molar refractivity (Wildman–Crippen MR) is 65.3 cm³/mol. The molecule has 0 atom stereocenters. The quantitative estimate of drug-likeness (QED) is 0.870. The maximum Gasteiger partial charge on any atom is 0.304 e. The van der Waals surface area contributed by atoms with Crippen molar-refractivity contribution in [2.24, 2.45) is 0 Å². The van der Waals surface area contributed by atoms with Gasteiger partial charge in [-0.3, -0.25) is 4.79 Å². The Bertz CT molecular complexity index is 402. The summed E-state index contributed by atoms with van der Waals surface area (Å²) in [5.41, 5.74) is 2.04. The van der Waals surface area contributed by atoms with Gasteiger partial charge in [-0.1, -0.05) is 38.1 Å². The van der Waals surface area contributed by atoms with Crippen LogP contribution in [0.1, 0.15) is 37.3 Å². The summed E-state index contributed by atoms with van der Waals surface area (Å²) in [5, 5.41) is 8.88. The van der Waals surface area contributed by atoms with Gasteiger partial charge in [-0.05, 0) is 11.1 Å². The van der Waals surface area contributed by atoms with Crippen molar-refractivity contribution in [2.45, 2.75) is 31.6 Å². The van der Waals surface area contributed by atoms with E-state index in [2.05, 4.69) is 12.1 Å². The second kappa shape index (κ2) is 4.49. The highest BCUT2D eigenvalue weighted by molar-refractivity contribution is 5.68. The van der Waals surface area contributed by atoms with E-state index in [-0.39, 0.29) is 11.8 Å². The number of hydrogen-bond acceptors (Lipinski definition) is 2. The Kier molecular flexibility index (Phi) is 3.20. The van der Waals surface area contributed by atoms with Crippen molar-refractivity contribution >= 4 is 5.97 Å². The van der Waals surface area contributed by atoms with Crippen LogP contribution in [-0.4, -0.2) is 24.3 Å². The summed E-state index contributed by atoms with van der Waals surface area (Å²) in [6.45, 7) is 5.53. The molecule has 0 aromatic heterocycles. The fourth-order valence-corrected chi connectivity index (χ4v) is 2.11. The van der Waals surface area contributed by atoms with Gasteiger partial charge in [0.2, 0.25) is 0 Å². The Morgan fingerprint density at radius 1 is 1.35 bits per heavy atom. The average Bonchev–Trinajstić information content (AvgIpc) is 2.13. The minimum absolute atomic E-state index is 0.152. The number of rotatable bonds is 4. The maximum atomic E-state index is 10.8. The van der Waals surface area contributed by atoms with Gasteiger partial charge in [0, 0.05) is 11.3 Å². The molecule has 1 aromatic rings. The summed E-state index contributed by atoms with van der Waals surface area (Å²) in [4.78, 5) is 10.8. The molecule has 0 radical (unpaired) electrons. The first kappa shape index (κ1) is 12.1. The van der Waals surface area contributed by atoms with Crippen LogP contribution in [0.5, 0.6) is 0 Å². The number of ether oxygens (including phenoxy) is 1. The predicted octanol–water partition coefficient (Wildman–Crippen LogP) is 2.55. The van der Waals surface area contributed by atoms with E-state index < -0.39 is 5.97 Å². The highest BCUT2D eigenvalue weighted by atomic mass is 16.5. The summed E-state index contributed by atoms with van der Waals surface area (Å²) in [6.07, 6.45) is 0.152. The summed E-state index contributed by atoms with van der Waals surface area (Å²) in [5.74, 6) is -0.238. The van der Waals surface area contributed by atoms with Crippen LogP contribution in [0.25, 0.3) is 0 Å². The molecule has 1 heterocycles. The molecular weight excluding hydrogens is 216 g/mol. The molecule has 0 saturated carbocycles. The van der Waals surface area contributed by atoms with E-state index in [1.807, 2.05) is 26.0 Å². The van der Waals surface area contributed by atoms with Crippen LogP contribution < -0.4 is 0 Å². The van der Waals surface area contributed by atoms with Gasteiger partial charge >= 0.3 is 5.97 Å². The Morgan fingerprint density at radius 2 is 1.94 bits per heavy atom. The number of benzene rings is 1. The standard InChI is InChI=1S/C14H18O3/c1-14(2,7-13(15)16)12-5-3-10(4-6-12)11-8-17-9-11/h3-6,11H,7-9H2,1-2H3,(H,15,16). The zero-order valence-corrected chi connectivity index (χ0v) is 10.3. The third-order valence-corrected chi connectivity index (χ3v) is 3.39. The molecule has 1 fully saturated rings. The smallest absolute Gasteiger partial charge is 0.304 e. The third-order valence-electron chi connectivity index (χ3n) is 3.39. The van der Waals surface area contributed by atoms with Crippen molar-refractivity contribution in [3.63, 3.8) is 0 Å². The zero-order valence-electron chi connectivity index (χ0n) is 10.3. The lowest BCUT2D eigenvalue weighted by atomic mass is 9.80. The molecule has 2 rings (SSSR count). The van der Waals surface area contributed by atoms with Crippen molar-refractivity contribution in [3.8, 4) is 0 Å². The Balaban J connectivity index is 2.13. The number of carboxylic acids is 1. The van der Waals surface area contributed by atoms with Gasteiger partial charge < -0.3 is 9.84 Å². The molecule has 1 saturated heterocycles. The van der Waals surface area contributed by atoms with Crippen molar-refractivity contribution in [1.82, 2.24) is 0 Å². The van der Waals surface area contributed by atoms with E-state index in [4.69, 9.17) is 9.84 Å². The van der Waals surface area contributed by atoms with E-state index in [1.54, 1.807) is 0 Å². The first-order chi connectivity index (χ1) is 7.99. The highest BCUT2D eigenvalue weighted by Gasteiger charge is 2.25. The number of carboxylic acid groups (broad SMARTS) is 1. The summed E-state index contributed by atoms with van der Waals surface area (Å²) >= 11 is 0. The van der Waals surface area contributed by atoms with Crippen LogP contribution in [0, 0.1) is 0 Å². The lowest BCUT2D eigenvalue weighted by Crippen LogP contribution is -2.25. The molecule has 3 nitrogen and oxygen atoms in total. The molecule has 0 spiro atoms. The summed E-state index contributed by atoms with van der Waals surface area (Å²) < 4.78 is 5.16. The molecule has 0 amide bonds. The van der Waals surface area contributed by atoms with Crippen molar-refractivity contribution in [2.75, 3.05) is 13.2 Å². The summed E-state index contributed by atoms with van der Waals surface area (Å²) in [7, 11) is 0. The number of carbonyl (C=O) groups is 1. The molecular formula is C14H18O3. The average molecular weight is 234 g/mol. The minimum atomic E-state index is -0.758. The highest BCUT2D eigenvalue weighted by Crippen LogP contribution is 2.30. The Morgan fingerprint density at radius 3 is 2.35 bits per heavy atom. The lowest BCUT2D eigenvalue weighted by Gasteiger charge is -2.28. The second-order valence-electron chi connectivity index (χ2n) is 5.31. The molecule has 0 unspecified atom stereocenters. The van der Waals surface area contributed by atoms with E-state index >= 15 is 0 Å². The molecule has 92 valence electrons. The Hall–Kier alpha value is -1.35. The van der Waals surface area contributed by atoms with Crippen molar-refractivity contribution in [3.05, 3.63) is 35.4 Å². The van der Waals surface area contributed by atoms with Crippen LogP contribution in [0.15, 0.2) is 24.3 Å². The topological polar surface area (TPSA) is 46.5 Å². The van der Waals surface area contributed by atoms with Gasteiger partial charge in [0.05, 0.1) is 19.6 Å². The fraction of sp³-hybridized carbons (Fsp3) is 0.500. The first-order valence-electron chi connectivity index (χ1n) is 5.89. The molecule has 0 bridgehead atoms. The molecule has 1 N–H and O–H groups in total. The van der Waals surface area contributed by atoms with Crippen molar-refractivity contribution in [1.29, 1.82) is 0 Å². The molecule has 0 aliphatic carbocycles. The molecule has 1 aliphatic rings. The van der Waals surface area contributed by atoms with Crippen LogP contribution in [-0.2, 0) is 14.9 Å². The van der Waals surface area contributed by atoms with E-state index in [9.17, 15) is 4.79 Å². The van der Waals surface area contributed by atoms with Crippen LogP contribution in [0.2, 0.25) is 0 Å². The third kappa shape index (κ3) is 2.67. The number of aliphatic carboxylic acids is 1. The maximum absolute atomic E-state index is 10.8. The molecule has 3 heteroatoms. The van der Waals surface area contributed by atoms with Crippen LogP contribution in [0.3, 0.4) is 0 Å². The number of hydrogen-bond donors (Lipinski definition) is 1. The minimum Gasteiger partial charge on any atom is -0.481 e. The molecule has 17 heavy (non-hydrogen) atoms. The van der Waals surface area contributed by atoms with Gasteiger partial charge in [0.1, 0.15) is 0 Å². The first-order valence-corrected chi connectivity index (χ1v) is 5.89. The second-order valence-corrected chi connectivity index (χ2v) is 5.31. The fourth-order valence-electron chi connectivity index (χ4n) is 2.11. The zero-order chi connectivity index (χ0) is 12.5. The summed E-state index contributed by atoms with van der Waals surface area (Å²) in [6, 6.07) is 8.26. The van der Waals surface area contributed by atoms with Gasteiger partial charge in [0.25, 0.3) is 0 Å². The molecule has 1 aromatic carbocycles. The van der Waals surface area contributed by atoms with E-state index in [0.717, 1.165) is 18.8 Å². The van der Waals surface area contributed by atoms with Crippen LogP contribution in [0.4, 0.5) is 0 Å². The van der Waals surface area contributed by atoms with E-state index in [1.165, 1.54) is 5.56 Å². The SMILES string of the molecule is CC(C)(CC(=O)O)c1ccc(C2COC2)cc1. The monoisotopic (exact) mass is 234 g/mol. The van der Waals surface area contributed by atoms with Gasteiger partial charge in [-0.25, -0.2) is 0 Å². The van der Waals surface area contributed by atoms with Gasteiger partial charge in [-0.2, -0.15) is 0 Å².